The molecule has 0 aliphatic carbocycles. The highest BCUT2D eigenvalue weighted by Gasteiger charge is 2.17. The van der Waals surface area contributed by atoms with Crippen LogP contribution in [0.4, 0.5) is 5.69 Å². The van der Waals surface area contributed by atoms with E-state index in [9.17, 15) is 0 Å². The number of rotatable bonds is 7. The van der Waals surface area contributed by atoms with Gasteiger partial charge in [-0.2, -0.15) is 0 Å². The van der Waals surface area contributed by atoms with E-state index in [0.717, 1.165) is 43.5 Å². The minimum Gasteiger partial charge on any atom is -0.384 e. The van der Waals surface area contributed by atoms with Crippen LogP contribution in [0.3, 0.4) is 0 Å². The van der Waals surface area contributed by atoms with Gasteiger partial charge in [-0.05, 0) is 43.7 Å². The summed E-state index contributed by atoms with van der Waals surface area (Å²) in [5.41, 5.74) is 1.12. The molecule has 1 aliphatic rings. The predicted octanol–water partition coefficient (Wildman–Crippen LogP) is 3.25. The molecule has 1 N–H and O–H groups in total. The van der Waals surface area contributed by atoms with Crippen molar-refractivity contribution in [1.82, 2.24) is 4.90 Å². The standard InChI is InChI=1S/C15H23ClN2O/c1-2-18(12-15-4-3-11-19-15)10-9-17-14-7-5-13(16)6-8-14/h5-8,15,17H,2-4,9-12H2,1H3. The van der Waals surface area contributed by atoms with Crippen LogP contribution in [0.5, 0.6) is 0 Å². The van der Waals surface area contributed by atoms with Gasteiger partial charge in [0.2, 0.25) is 0 Å². The topological polar surface area (TPSA) is 24.5 Å². The number of halogens is 1. The van der Waals surface area contributed by atoms with Gasteiger partial charge in [-0.1, -0.05) is 18.5 Å². The summed E-state index contributed by atoms with van der Waals surface area (Å²) < 4.78 is 5.69. The lowest BCUT2D eigenvalue weighted by molar-refractivity contribution is 0.0761. The van der Waals surface area contributed by atoms with E-state index in [-0.39, 0.29) is 0 Å². The summed E-state index contributed by atoms with van der Waals surface area (Å²) in [5.74, 6) is 0. The maximum atomic E-state index is 5.86. The molecular weight excluding hydrogens is 260 g/mol. The van der Waals surface area contributed by atoms with E-state index in [1.807, 2.05) is 24.3 Å². The first-order valence-electron chi connectivity index (χ1n) is 7.11. The molecule has 1 aromatic carbocycles. The first-order valence-corrected chi connectivity index (χ1v) is 7.49. The molecule has 0 spiro atoms. The molecule has 0 aromatic heterocycles. The van der Waals surface area contributed by atoms with Gasteiger partial charge in [-0.25, -0.2) is 0 Å². The predicted molar refractivity (Wildman–Crippen MR) is 81.0 cm³/mol. The Labute approximate surface area is 120 Å². The largest absolute Gasteiger partial charge is 0.384 e. The zero-order valence-electron chi connectivity index (χ0n) is 11.6. The van der Waals surface area contributed by atoms with E-state index >= 15 is 0 Å². The number of benzene rings is 1. The fourth-order valence-corrected chi connectivity index (χ4v) is 2.51. The average Bonchev–Trinajstić information content (AvgIpc) is 2.93. The molecule has 1 saturated heterocycles. The van der Waals surface area contributed by atoms with Crippen LogP contribution in [-0.4, -0.2) is 43.8 Å². The summed E-state index contributed by atoms with van der Waals surface area (Å²) in [6.07, 6.45) is 2.86. The third kappa shape index (κ3) is 5.01. The minimum absolute atomic E-state index is 0.440. The number of hydrogen-bond acceptors (Lipinski definition) is 3. The van der Waals surface area contributed by atoms with Gasteiger partial charge in [-0.15, -0.1) is 0 Å². The Morgan fingerprint density at radius 1 is 1.37 bits per heavy atom. The van der Waals surface area contributed by atoms with Crippen molar-refractivity contribution >= 4 is 17.3 Å². The van der Waals surface area contributed by atoms with Gasteiger partial charge in [0.05, 0.1) is 6.10 Å². The second-order valence-electron chi connectivity index (χ2n) is 4.96. The summed E-state index contributed by atoms with van der Waals surface area (Å²) in [6.45, 7) is 7.25. The Morgan fingerprint density at radius 2 is 2.16 bits per heavy atom. The van der Waals surface area contributed by atoms with Gasteiger partial charge in [0, 0.05) is 37.0 Å². The molecule has 106 valence electrons. The van der Waals surface area contributed by atoms with E-state index in [4.69, 9.17) is 16.3 Å². The van der Waals surface area contributed by atoms with Crippen molar-refractivity contribution in [3.05, 3.63) is 29.3 Å². The molecule has 2 rings (SSSR count). The molecule has 19 heavy (non-hydrogen) atoms. The molecular formula is C15H23ClN2O. The van der Waals surface area contributed by atoms with Crippen LogP contribution >= 0.6 is 11.6 Å². The van der Waals surface area contributed by atoms with Crippen molar-refractivity contribution in [2.24, 2.45) is 0 Å². The summed E-state index contributed by atoms with van der Waals surface area (Å²) in [6, 6.07) is 7.85. The number of nitrogens with zero attached hydrogens (tertiary/aromatic N) is 1. The Morgan fingerprint density at radius 3 is 2.79 bits per heavy atom. The zero-order valence-corrected chi connectivity index (χ0v) is 12.3. The monoisotopic (exact) mass is 282 g/mol. The highest BCUT2D eigenvalue weighted by Crippen LogP contribution is 2.14. The first-order chi connectivity index (χ1) is 9.28. The Balaban J connectivity index is 1.69. The number of nitrogens with one attached hydrogen (secondary N) is 1. The molecule has 0 bridgehead atoms. The van der Waals surface area contributed by atoms with Crippen molar-refractivity contribution in [3.8, 4) is 0 Å². The molecule has 3 nitrogen and oxygen atoms in total. The van der Waals surface area contributed by atoms with E-state index in [2.05, 4.69) is 17.1 Å². The average molecular weight is 283 g/mol. The van der Waals surface area contributed by atoms with Gasteiger partial charge < -0.3 is 10.1 Å². The number of hydrogen-bond donors (Lipinski definition) is 1. The van der Waals surface area contributed by atoms with Gasteiger partial charge >= 0.3 is 0 Å². The second kappa shape index (κ2) is 7.73. The van der Waals surface area contributed by atoms with Gasteiger partial charge in [-0.3, -0.25) is 4.90 Å². The van der Waals surface area contributed by atoms with Gasteiger partial charge in [0.25, 0.3) is 0 Å². The Kier molecular flexibility index (Phi) is 5.95. The molecule has 0 radical (unpaired) electrons. The lowest BCUT2D eigenvalue weighted by atomic mass is 10.2. The SMILES string of the molecule is CCN(CCNc1ccc(Cl)cc1)CC1CCCO1. The van der Waals surface area contributed by atoms with Crippen LogP contribution in [0.15, 0.2) is 24.3 Å². The van der Waals surface area contributed by atoms with Crippen LogP contribution in [0.2, 0.25) is 5.02 Å². The minimum atomic E-state index is 0.440. The van der Waals surface area contributed by atoms with E-state index in [0.29, 0.717) is 6.10 Å². The van der Waals surface area contributed by atoms with E-state index in [1.54, 1.807) is 0 Å². The molecule has 4 heteroatoms. The number of likely N-dealkylation sites (N-methyl/N-ethyl adjacent to an activating group) is 1. The third-order valence-corrected chi connectivity index (χ3v) is 3.79. The van der Waals surface area contributed by atoms with Crippen molar-refractivity contribution < 1.29 is 4.74 Å². The maximum Gasteiger partial charge on any atom is 0.0702 e. The zero-order chi connectivity index (χ0) is 13.5. The van der Waals surface area contributed by atoms with Crippen molar-refractivity contribution in [3.63, 3.8) is 0 Å². The second-order valence-corrected chi connectivity index (χ2v) is 5.40. The normalized spacial score (nSPS) is 19.0. The summed E-state index contributed by atoms with van der Waals surface area (Å²) in [7, 11) is 0. The van der Waals surface area contributed by atoms with E-state index < -0.39 is 0 Å². The number of ether oxygens (including phenoxy) is 1. The van der Waals surface area contributed by atoms with Crippen LogP contribution in [0.1, 0.15) is 19.8 Å². The fraction of sp³-hybridized carbons (Fsp3) is 0.600. The van der Waals surface area contributed by atoms with Crippen molar-refractivity contribution in [2.45, 2.75) is 25.9 Å². The van der Waals surface area contributed by atoms with Crippen LogP contribution in [-0.2, 0) is 4.74 Å². The van der Waals surface area contributed by atoms with Gasteiger partial charge in [0.15, 0.2) is 0 Å². The van der Waals surface area contributed by atoms with Gasteiger partial charge in [0.1, 0.15) is 0 Å². The van der Waals surface area contributed by atoms with E-state index in [1.165, 1.54) is 12.8 Å². The molecule has 0 amide bonds. The lowest BCUT2D eigenvalue weighted by Crippen LogP contribution is -2.35. The molecule has 1 unspecified atom stereocenters. The van der Waals surface area contributed by atoms with Crippen molar-refractivity contribution in [2.75, 3.05) is 38.1 Å². The summed E-state index contributed by atoms with van der Waals surface area (Å²) in [5, 5.41) is 4.20. The lowest BCUT2D eigenvalue weighted by Gasteiger charge is -2.23. The molecule has 1 aromatic rings. The summed E-state index contributed by atoms with van der Waals surface area (Å²) in [4.78, 5) is 2.44. The Hall–Kier alpha value is -0.770. The highest BCUT2D eigenvalue weighted by molar-refractivity contribution is 6.30. The summed E-state index contributed by atoms with van der Waals surface area (Å²) >= 11 is 5.86. The first kappa shape index (κ1) is 14.6. The quantitative estimate of drug-likeness (QED) is 0.831. The smallest absolute Gasteiger partial charge is 0.0702 e. The fourth-order valence-electron chi connectivity index (χ4n) is 2.38. The molecule has 1 aliphatic heterocycles. The van der Waals surface area contributed by atoms with Crippen molar-refractivity contribution in [1.29, 1.82) is 0 Å². The number of anilines is 1. The molecule has 1 atom stereocenters. The molecule has 1 fully saturated rings. The highest BCUT2D eigenvalue weighted by atomic mass is 35.5. The Bertz CT molecular complexity index is 363. The molecule has 0 saturated carbocycles. The third-order valence-electron chi connectivity index (χ3n) is 3.53. The molecule has 1 heterocycles. The maximum absolute atomic E-state index is 5.86. The van der Waals surface area contributed by atoms with Crippen LogP contribution in [0, 0.1) is 0 Å². The van der Waals surface area contributed by atoms with Crippen LogP contribution in [0.25, 0.3) is 0 Å². The van der Waals surface area contributed by atoms with Crippen LogP contribution < -0.4 is 5.32 Å².